The molecule has 2 heterocycles. The van der Waals surface area contributed by atoms with Crippen LogP contribution in [0.25, 0.3) is 0 Å². The highest BCUT2D eigenvalue weighted by atomic mass is 32.2. The van der Waals surface area contributed by atoms with Crippen molar-refractivity contribution in [1.82, 2.24) is 15.1 Å². The summed E-state index contributed by atoms with van der Waals surface area (Å²) < 4.78 is 25.6. The predicted molar refractivity (Wildman–Crippen MR) is 123 cm³/mol. The summed E-state index contributed by atoms with van der Waals surface area (Å²) in [4.78, 5) is 14.8. The van der Waals surface area contributed by atoms with E-state index in [2.05, 4.69) is 15.5 Å². The summed E-state index contributed by atoms with van der Waals surface area (Å²) >= 11 is 3.53. The first kappa shape index (κ1) is 22.0. The lowest BCUT2D eigenvalue weighted by atomic mass is 10.1. The number of halogens is 2. The Morgan fingerprint density at radius 3 is 2.45 bits per heavy atom. The van der Waals surface area contributed by atoms with Crippen molar-refractivity contribution in [2.75, 3.05) is 18.4 Å². The molecule has 1 aliphatic heterocycles. The second-order valence-corrected chi connectivity index (χ2v) is 10.1. The van der Waals surface area contributed by atoms with Gasteiger partial charge >= 0.3 is 0 Å². The van der Waals surface area contributed by atoms with Gasteiger partial charge < -0.3 is 10.2 Å². The molecule has 3 aromatic rings. The Hall–Kier alpha value is -2.17. The van der Waals surface area contributed by atoms with E-state index in [9.17, 15) is 13.6 Å². The van der Waals surface area contributed by atoms with Gasteiger partial charge in [0, 0.05) is 35.0 Å². The molecule has 0 unspecified atom stereocenters. The monoisotopic (exact) mass is 478 g/mol. The third-order valence-corrected chi connectivity index (χ3v) is 7.46. The van der Waals surface area contributed by atoms with Crippen LogP contribution in [0.1, 0.15) is 28.8 Å². The van der Waals surface area contributed by atoms with Gasteiger partial charge in [-0.1, -0.05) is 47.0 Å². The van der Waals surface area contributed by atoms with Crippen LogP contribution >= 0.6 is 34.9 Å². The Balaban J connectivity index is 1.28. The number of anilines is 2. The minimum atomic E-state index is -2.43. The minimum Gasteiger partial charge on any atom is -0.339 e. The van der Waals surface area contributed by atoms with Crippen LogP contribution in [-0.2, 0) is 5.75 Å². The Labute approximate surface area is 191 Å². The summed E-state index contributed by atoms with van der Waals surface area (Å²) in [7, 11) is 0. The van der Waals surface area contributed by atoms with Gasteiger partial charge in [-0.15, -0.1) is 10.2 Å². The molecule has 2 aromatic carbocycles. The van der Waals surface area contributed by atoms with Gasteiger partial charge in [-0.25, -0.2) is 0 Å². The molecule has 31 heavy (non-hydrogen) atoms. The number of alkyl halides is 2. The van der Waals surface area contributed by atoms with Crippen molar-refractivity contribution in [2.24, 2.45) is 0 Å². The van der Waals surface area contributed by atoms with Gasteiger partial charge in [0.05, 0.1) is 0 Å². The molecule has 0 saturated carbocycles. The first-order valence-electron chi connectivity index (χ1n) is 9.73. The SMILES string of the molecule is O=C(c1ccc(CSc2nnc(Nc3ccc(SC(F)F)cc3)s2)cc1)N1CCCC1. The van der Waals surface area contributed by atoms with Gasteiger partial charge in [-0.2, -0.15) is 8.78 Å². The average molecular weight is 479 g/mol. The van der Waals surface area contributed by atoms with Crippen LogP contribution in [0.4, 0.5) is 19.6 Å². The molecule has 1 N–H and O–H groups in total. The second kappa shape index (κ2) is 10.4. The number of hydrogen-bond donors (Lipinski definition) is 1. The van der Waals surface area contributed by atoms with Gasteiger partial charge in [0.15, 0.2) is 4.34 Å². The smallest absolute Gasteiger partial charge is 0.288 e. The van der Waals surface area contributed by atoms with E-state index in [0.29, 0.717) is 21.8 Å². The van der Waals surface area contributed by atoms with Crippen LogP contribution in [0.5, 0.6) is 0 Å². The zero-order chi connectivity index (χ0) is 21.6. The van der Waals surface area contributed by atoms with E-state index >= 15 is 0 Å². The third kappa shape index (κ3) is 6.18. The van der Waals surface area contributed by atoms with Crippen LogP contribution in [0.3, 0.4) is 0 Å². The molecule has 5 nitrogen and oxygen atoms in total. The van der Waals surface area contributed by atoms with Gasteiger partial charge in [-0.05, 0) is 54.8 Å². The normalized spacial score (nSPS) is 13.7. The van der Waals surface area contributed by atoms with Crippen molar-refractivity contribution in [3.63, 3.8) is 0 Å². The largest absolute Gasteiger partial charge is 0.339 e. The highest BCUT2D eigenvalue weighted by Gasteiger charge is 2.19. The number of carbonyl (C=O) groups excluding carboxylic acids is 1. The molecule has 0 atom stereocenters. The van der Waals surface area contributed by atoms with E-state index in [1.807, 2.05) is 29.2 Å². The van der Waals surface area contributed by atoms with Crippen LogP contribution in [0.15, 0.2) is 57.8 Å². The van der Waals surface area contributed by atoms with Gasteiger partial charge in [-0.3, -0.25) is 4.79 Å². The van der Waals surface area contributed by atoms with Gasteiger partial charge in [0.1, 0.15) is 0 Å². The third-order valence-electron chi connectivity index (χ3n) is 4.69. The number of amides is 1. The number of nitrogens with zero attached hydrogens (tertiary/aromatic N) is 3. The molecule has 1 saturated heterocycles. The quantitative estimate of drug-likeness (QED) is 0.393. The van der Waals surface area contributed by atoms with Crippen LogP contribution in [0.2, 0.25) is 0 Å². The zero-order valence-electron chi connectivity index (χ0n) is 16.5. The van der Waals surface area contributed by atoms with Crippen molar-refractivity contribution in [3.05, 3.63) is 59.7 Å². The number of benzene rings is 2. The fraction of sp³-hybridized carbons (Fsp3) is 0.286. The lowest BCUT2D eigenvalue weighted by molar-refractivity contribution is 0.0793. The molecule has 162 valence electrons. The lowest BCUT2D eigenvalue weighted by Gasteiger charge is -2.15. The molecule has 1 aromatic heterocycles. The molecular formula is C21H20F2N4OS3. The number of hydrogen-bond acceptors (Lipinski definition) is 7. The van der Waals surface area contributed by atoms with Crippen LogP contribution in [-0.4, -0.2) is 39.9 Å². The van der Waals surface area contributed by atoms with Crippen molar-refractivity contribution in [1.29, 1.82) is 0 Å². The Bertz CT molecular complexity index is 1010. The first-order chi connectivity index (χ1) is 15.1. The summed E-state index contributed by atoms with van der Waals surface area (Å²) in [6.45, 7) is 1.70. The second-order valence-electron chi connectivity index (χ2n) is 6.89. The maximum absolute atomic E-state index is 12.4. The average Bonchev–Trinajstić information content (AvgIpc) is 3.46. The molecular weight excluding hydrogens is 458 g/mol. The fourth-order valence-electron chi connectivity index (χ4n) is 3.15. The fourth-order valence-corrected chi connectivity index (χ4v) is 5.38. The summed E-state index contributed by atoms with van der Waals surface area (Å²) in [6.07, 6.45) is 2.17. The number of likely N-dealkylation sites (tertiary alicyclic amines) is 1. The van der Waals surface area contributed by atoms with Crippen molar-refractivity contribution in [3.8, 4) is 0 Å². The molecule has 0 radical (unpaired) electrons. The number of carbonyl (C=O) groups is 1. The molecule has 1 fully saturated rings. The van der Waals surface area contributed by atoms with E-state index in [1.54, 1.807) is 36.0 Å². The van der Waals surface area contributed by atoms with Gasteiger partial charge in [0.25, 0.3) is 11.7 Å². The molecule has 1 aliphatic rings. The van der Waals surface area contributed by atoms with Crippen LogP contribution < -0.4 is 5.32 Å². The Morgan fingerprint density at radius 2 is 1.77 bits per heavy atom. The minimum absolute atomic E-state index is 0.109. The molecule has 1 amide bonds. The Morgan fingerprint density at radius 1 is 1.06 bits per heavy atom. The summed E-state index contributed by atoms with van der Waals surface area (Å²) in [5.41, 5.74) is 2.61. The van der Waals surface area contributed by atoms with Crippen molar-refractivity contribution in [2.45, 2.75) is 33.6 Å². The van der Waals surface area contributed by atoms with E-state index in [1.165, 1.54) is 11.3 Å². The standard InChI is InChI=1S/C21H20F2N4OS3/c22-19(23)30-17-9-7-16(8-10-17)24-20-25-26-21(31-20)29-13-14-3-5-15(6-4-14)18(28)27-11-1-2-12-27/h3-10,19H,1-2,11-13H2,(H,24,25). The molecule has 4 rings (SSSR count). The van der Waals surface area contributed by atoms with Gasteiger partial charge in [0.2, 0.25) is 5.13 Å². The molecule has 10 heteroatoms. The maximum Gasteiger partial charge on any atom is 0.288 e. The topological polar surface area (TPSA) is 58.1 Å². The molecule has 0 aliphatic carbocycles. The highest BCUT2D eigenvalue weighted by molar-refractivity contribution is 8.00. The Kier molecular flexibility index (Phi) is 7.41. The molecule has 0 spiro atoms. The predicted octanol–water partition coefficient (Wildman–Crippen LogP) is 6.12. The number of nitrogens with one attached hydrogen (secondary N) is 1. The van der Waals surface area contributed by atoms with E-state index < -0.39 is 5.76 Å². The lowest BCUT2D eigenvalue weighted by Crippen LogP contribution is -2.27. The van der Waals surface area contributed by atoms with E-state index in [0.717, 1.165) is 52.8 Å². The highest BCUT2D eigenvalue weighted by Crippen LogP contribution is 2.31. The first-order valence-corrected chi connectivity index (χ1v) is 12.4. The van der Waals surface area contributed by atoms with Crippen LogP contribution in [0, 0.1) is 0 Å². The number of thioether (sulfide) groups is 2. The summed E-state index contributed by atoms with van der Waals surface area (Å²) in [5, 5.41) is 12.1. The molecule has 0 bridgehead atoms. The summed E-state index contributed by atoms with van der Waals surface area (Å²) in [6, 6.07) is 14.5. The summed E-state index contributed by atoms with van der Waals surface area (Å²) in [5.74, 6) is -1.59. The zero-order valence-corrected chi connectivity index (χ0v) is 18.9. The number of rotatable bonds is 8. The van der Waals surface area contributed by atoms with Crippen molar-refractivity contribution < 1.29 is 13.6 Å². The van der Waals surface area contributed by atoms with E-state index in [4.69, 9.17) is 0 Å². The van der Waals surface area contributed by atoms with E-state index in [-0.39, 0.29) is 5.91 Å². The maximum atomic E-state index is 12.4. The number of aromatic nitrogens is 2. The van der Waals surface area contributed by atoms with Crippen molar-refractivity contribution >= 4 is 51.6 Å².